The molecule has 94 valence electrons. The van der Waals surface area contributed by atoms with Crippen LogP contribution in [0.3, 0.4) is 0 Å². The third-order valence-corrected chi connectivity index (χ3v) is 2.57. The first-order valence-corrected chi connectivity index (χ1v) is 5.82. The Bertz CT molecular complexity index is 568. The van der Waals surface area contributed by atoms with Crippen LogP contribution in [0.1, 0.15) is 24.2 Å². The third kappa shape index (κ3) is 2.84. The molecule has 2 aromatic rings. The number of carbonyl (C=O) groups is 1. The number of hydrogen-bond donors (Lipinski definition) is 2. The zero-order valence-corrected chi connectivity index (χ0v) is 10.5. The molecule has 2 N–H and O–H groups in total. The van der Waals surface area contributed by atoms with E-state index in [1.807, 2.05) is 12.1 Å². The molecule has 18 heavy (non-hydrogen) atoms. The lowest BCUT2D eigenvalue weighted by Gasteiger charge is -2.17. The molecule has 0 atom stereocenters. The highest BCUT2D eigenvalue weighted by Gasteiger charge is 2.16. The summed E-state index contributed by atoms with van der Waals surface area (Å²) >= 11 is 0. The number of rotatable bonds is 3. The van der Waals surface area contributed by atoms with Crippen molar-refractivity contribution in [1.29, 1.82) is 0 Å². The number of aromatic nitrogens is 1. The van der Waals surface area contributed by atoms with Crippen LogP contribution in [0.5, 0.6) is 0 Å². The maximum Gasteiger partial charge on any atom is 0.252 e. The average molecular weight is 244 g/mol. The van der Waals surface area contributed by atoms with E-state index < -0.39 is 5.60 Å². The molecule has 1 heterocycles. The fraction of sp³-hybridized carbons (Fsp3) is 0.286. The lowest BCUT2D eigenvalue weighted by Crippen LogP contribution is -2.38. The summed E-state index contributed by atoms with van der Waals surface area (Å²) in [6, 6.07) is 9.08. The topological polar surface area (TPSA) is 62.2 Å². The fourth-order valence-corrected chi connectivity index (χ4v) is 1.69. The van der Waals surface area contributed by atoms with Crippen LogP contribution in [0.15, 0.2) is 36.5 Å². The van der Waals surface area contributed by atoms with Crippen molar-refractivity contribution in [3.63, 3.8) is 0 Å². The van der Waals surface area contributed by atoms with Crippen molar-refractivity contribution in [2.75, 3.05) is 6.54 Å². The smallest absolute Gasteiger partial charge is 0.252 e. The molecule has 0 saturated heterocycles. The predicted octanol–water partition coefficient (Wildman–Crippen LogP) is 1.74. The quantitative estimate of drug-likeness (QED) is 0.864. The van der Waals surface area contributed by atoms with Gasteiger partial charge < -0.3 is 10.4 Å². The molecule has 0 unspecified atom stereocenters. The maximum atomic E-state index is 12.1. The standard InChI is InChI=1S/C14H16N2O2/c1-14(2,18)9-16-13(17)11-5-3-7-12-10(11)6-4-8-15-12/h3-8,18H,9H2,1-2H3,(H,16,17). The Hall–Kier alpha value is -1.94. The Morgan fingerprint density at radius 3 is 2.83 bits per heavy atom. The van der Waals surface area contributed by atoms with Crippen molar-refractivity contribution < 1.29 is 9.90 Å². The minimum absolute atomic E-state index is 0.198. The molecule has 4 nitrogen and oxygen atoms in total. The molecule has 1 aromatic carbocycles. The van der Waals surface area contributed by atoms with E-state index in [1.54, 1.807) is 38.2 Å². The van der Waals surface area contributed by atoms with Crippen LogP contribution >= 0.6 is 0 Å². The zero-order chi connectivity index (χ0) is 13.2. The van der Waals surface area contributed by atoms with Gasteiger partial charge in [-0.25, -0.2) is 0 Å². The summed E-state index contributed by atoms with van der Waals surface area (Å²) in [5.41, 5.74) is 0.441. The van der Waals surface area contributed by atoms with Gasteiger partial charge in [0.2, 0.25) is 0 Å². The van der Waals surface area contributed by atoms with Gasteiger partial charge in [-0.1, -0.05) is 12.1 Å². The number of amides is 1. The second kappa shape index (κ2) is 4.74. The molecule has 1 aromatic heterocycles. The summed E-state index contributed by atoms with van der Waals surface area (Å²) in [7, 11) is 0. The molecule has 0 aliphatic rings. The van der Waals surface area contributed by atoms with Gasteiger partial charge in [-0.2, -0.15) is 0 Å². The van der Waals surface area contributed by atoms with E-state index in [1.165, 1.54) is 0 Å². The first-order valence-electron chi connectivity index (χ1n) is 5.82. The number of carbonyl (C=O) groups excluding carboxylic acids is 1. The van der Waals surface area contributed by atoms with E-state index in [0.717, 1.165) is 10.9 Å². The lowest BCUT2D eigenvalue weighted by molar-refractivity contribution is 0.0695. The Kier molecular flexibility index (Phi) is 3.30. The van der Waals surface area contributed by atoms with Crippen LogP contribution in [-0.4, -0.2) is 28.1 Å². The van der Waals surface area contributed by atoms with E-state index in [-0.39, 0.29) is 12.5 Å². The van der Waals surface area contributed by atoms with Crippen LogP contribution < -0.4 is 5.32 Å². The number of nitrogens with one attached hydrogen (secondary N) is 1. The van der Waals surface area contributed by atoms with Crippen molar-refractivity contribution in [2.45, 2.75) is 19.4 Å². The van der Waals surface area contributed by atoms with Gasteiger partial charge in [-0.15, -0.1) is 0 Å². The molecule has 0 aliphatic carbocycles. The fourth-order valence-electron chi connectivity index (χ4n) is 1.69. The zero-order valence-electron chi connectivity index (χ0n) is 10.5. The van der Waals surface area contributed by atoms with Gasteiger partial charge in [0.25, 0.3) is 5.91 Å². The average Bonchev–Trinajstić information content (AvgIpc) is 2.34. The number of fused-ring (bicyclic) bond motifs is 1. The van der Waals surface area contributed by atoms with Gasteiger partial charge in [-0.05, 0) is 32.0 Å². The summed E-state index contributed by atoms with van der Waals surface area (Å²) in [6.45, 7) is 3.51. The first kappa shape index (κ1) is 12.5. The highest BCUT2D eigenvalue weighted by atomic mass is 16.3. The van der Waals surface area contributed by atoms with Gasteiger partial charge in [0.15, 0.2) is 0 Å². The van der Waals surface area contributed by atoms with Crippen molar-refractivity contribution in [1.82, 2.24) is 10.3 Å². The molecule has 4 heteroatoms. The molecular formula is C14H16N2O2. The Balaban J connectivity index is 2.28. The molecule has 2 rings (SSSR count). The number of hydrogen-bond acceptors (Lipinski definition) is 3. The molecule has 0 aliphatic heterocycles. The van der Waals surface area contributed by atoms with Crippen LogP contribution in [0, 0.1) is 0 Å². The Labute approximate surface area is 106 Å². The third-order valence-electron chi connectivity index (χ3n) is 2.57. The highest BCUT2D eigenvalue weighted by Crippen LogP contribution is 2.16. The Morgan fingerprint density at radius 2 is 2.11 bits per heavy atom. The van der Waals surface area contributed by atoms with Crippen LogP contribution in [0.25, 0.3) is 10.9 Å². The molecule has 0 fully saturated rings. The number of pyridine rings is 1. The van der Waals surface area contributed by atoms with Crippen molar-refractivity contribution >= 4 is 16.8 Å². The summed E-state index contributed by atoms with van der Waals surface area (Å²) in [5, 5.41) is 13.1. The number of nitrogens with zero attached hydrogens (tertiary/aromatic N) is 1. The SMILES string of the molecule is CC(C)(O)CNC(=O)c1cccc2ncccc12. The molecule has 0 radical (unpaired) electrons. The molecule has 0 saturated carbocycles. The van der Waals surface area contributed by atoms with Gasteiger partial charge >= 0.3 is 0 Å². The summed E-state index contributed by atoms with van der Waals surface area (Å²) in [6.07, 6.45) is 1.70. The monoisotopic (exact) mass is 244 g/mol. The normalized spacial score (nSPS) is 11.5. The minimum atomic E-state index is -0.918. The number of aliphatic hydroxyl groups is 1. The van der Waals surface area contributed by atoms with Gasteiger partial charge in [0, 0.05) is 23.7 Å². The van der Waals surface area contributed by atoms with E-state index in [9.17, 15) is 9.90 Å². The summed E-state index contributed by atoms with van der Waals surface area (Å²) in [5.74, 6) is -0.198. The van der Waals surface area contributed by atoms with E-state index in [0.29, 0.717) is 5.56 Å². The van der Waals surface area contributed by atoms with Crippen LogP contribution in [0.4, 0.5) is 0 Å². The van der Waals surface area contributed by atoms with E-state index in [2.05, 4.69) is 10.3 Å². The second-order valence-corrected chi connectivity index (χ2v) is 4.87. The molecular weight excluding hydrogens is 228 g/mol. The van der Waals surface area contributed by atoms with Crippen molar-refractivity contribution in [2.24, 2.45) is 0 Å². The first-order chi connectivity index (χ1) is 8.47. The highest BCUT2D eigenvalue weighted by molar-refractivity contribution is 6.06. The Morgan fingerprint density at radius 1 is 1.33 bits per heavy atom. The van der Waals surface area contributed by atoms with Crippen molar-refractivity contribution in [3.05, 3.63) is 42.1 Å². The van der Waals surface area contributed by atoms with E-state index in [4.69, 9.17) is 0 Å². The largest absolute Gasteiger partial charge is 0.389 e. The lowest BCUT2D eigenvalue weighted by atomic mass is 10.1. The summed E-state index contributed by atoms with van der Waals surface area (Å²) < 4.78 is 0. The maximum absolute atomic E-state index is 12.1. The molecule has 1 amide bonds. The van der Waals surface area contributed by atoms with Crippen LogP contribution in [0.2, 0.25) is 0 Å². The van der Waals surface area contributed by atoms with Gasteiger partial charge in [0.1, 0.15) is 0 Å². The minimum Gasteiger partial charge on any atom is -0.389 e. The number of benzene rings is 1. The van der Waals surface area contributed by atoms with Gasteiger partial charge in [0.05, 0.1) is 11.1 Å². The van der Waals surface area contributed by atoms with Gasteiger partial charge in [-0.3, -0.25) is 9.78 Å². The molecule has 0 spiro atoms. The van der Waals surface area contributed by atoms with Crippen molar-refractivity contribution in [3.8, 4) is 0 Å². The second-order valence-electron chi connectivity index (χ2n) is 4.87. The molecule has 0 bridgehead atoms. The van der Waals surface area contributed by atoms with E-state index >= 15 is 0 Å². The summed E-state index contributed by atoms with van der Waals surface area (Å²) in [4.78, 5) is 16.3. The predicted molar refractivity (Wildman–Crippen MR) is 70.4 cm³/mol. The van der Waals surface area contributed by atoms with Crippen LogP contribution in [-0.2, 0) is 0 Å².